The molecule has 3 nitrogen and oxygen atoms in total. The molecule has 0 aromatic carbocycles. The van der Waals surface area contributed by atoms with E-state index in [9.17, 15) is 4.79 Å². The first kappa shape index (κ1) is 16.8. The van der Waals surface area contributed by atoms with Gasteiger partial charge in [-0.25, -0.2) is 0 Å². The summed E-state index contributed by atoms with van der Waals surface area (Å²) in [6, 6.07) is 0. The first-order valence-electron chi connectivity index (χ1n) is 5.96. The highest BCUT2D eigenvalue weighted by molar-refractivity contribution is 5.69. The highest BCUT2D eigenvalue weighted by Gasteiger charge is 2.01. The maximum absolute atomic E-state index is 11.1. The van der Waals surface area contributed by atoms with E-state index in [-0.39, 0.29) is 11.4 Å². The van der Waals surface area contributed by atoms with Crippen molar-refractivity contribution < 1.29 is 15.0 Å². The van der Waals surface area contributed by atoms with Crippen LogP contribution in [-0.4, -0.2) is 18.1 Å². The van der Waals surface area contributed by atoms with Crippen molar-refractivity contribution in [3.05, 3.63) is 0 Å². The minimum atomic E-state index is -0.0186. The molecular formula is C12H26O3. The second-order valence-corrected chi connectivity index (χ2v) is 3.74. The van der Waals surface area contributed by atoms with Crippen LogP contribution in [0.4, 0.5) is 0 Å². The van der Waals surface area contributed by atoms with E-state index in [1.165, 1.54) is 19.3 Å². The zero-order chi connectivity index (χ0) is 10.6. The van der Waals surface area contributed by atoms with Crippen LogP contribution in [0.3, 0.4) is 0 Å². The topological polar surface area (TPSA) is 57.8 Å². The van der Waals surface area contributed by atoms with Crippen molar-refractivity contribution in [2.75, 3.05) is 6.61 Å². The summed E-state index contributed by atoms with van der Waals surface area (Å²) in [5.74, 6) is -0.0186. The third kappa shape index (κ3) is 13.4. The monoisotopic (exact) mass is 218 g/mol. The summed E-state index contributed by atoms with van der Waals surface area (Å²) in [6.45, 7) is 4.89. The van der Waals surface area contributed by atoms with Gasteiger partial charge in [0.1, 0.15) is 0 Å². The molecule has 0 heterocycles. The van der Waals surface area contributed by atoms with Crippen molar-refractivity contribution >= 4 is 5.97 Å². The molecule has 0 spiro atoms. The molecule has 2 N–H and O–H groups in total. The molecule has 0 radical (unpaired) electrons. The number of esters is 1. The maximum atomic E-state index is 11.1. The number of hydrogen-bond donors (Lipinski definition) is 0. The predicted octanol–water partition coefficient (Wildman–Crippen LogP) is 2.87. The highest BCUT2D eigenvalue weighted by atomic mass is 16.5. The Hall–Kier alpha value is -0.570. The minimum Gasteiger partial charge on any atom is -0.466 e. The van der Waals surface area contributed by atoms with Gasteiger partial charge in [-0.1, -0.05) is 46.0 Å². The van der Waals surface area contributed by atoms with Crippen LogP contribution in [0.2, 0.25) is 0 Å². The molecule has 0 aromatic rings. The van der Waals surface area contributed by atoms with E-state index in [1.54, 1.807) is 0 Å². The molecular weight excluding hydrogens is 192 g/mol. The number of unbranched alkanes of at least 4 members (excludes halogenated alkanes) is 5. The molecule has 0 aliphatic carbocycles. The molecule has 0 unspecified atom stereocenters. The lowest BCUT2D eigenvalue weighted by molar-refractivity contribution is -0.143. The lowest BCUT2D eigenvalue weighted by atomic mass is 10.1. The van der Waals surface area contributed by atoms with E-state index < -0.39 is 0 Å². The minimum absolute atomic E-state index is 0. The zero-order valence-corrected chi connectivity index (χ0v) is 10.2. The van der Waals surface area contributed by atoms with Crippen molar-refractivity contribution in [1.29, 1.82) is 0 Å². The molecule has 0 rings (SSSR count). The number of rotatable bonds is 9. The fraction of sp³-hybridized carbons (Fsp3) is 0.917. The molecule has 0 aliphatic heterocycles. The Balaban J connectivity index is 0. The van der Waals surface area contributed by atoms with E-state index in [0.717, 1.165) is 25.7 Å². The van der Waals surface area contributed by atoms with Gasteiger partial charge in [-0.05, 0) is 12.8 Å². The Kier molecular flexibility index (Phi) is 15.1. The van der Waals surface area contributed by atoms with E-state index >= 15 is 0 Å². The predicted molar refractivity (Wildman–Crippen MR) is 62.9 cm³/mol. The molecule has 0 amide bonds. The molecule has 3 heteroatoms. The fourth-order valence-electron chi connectivity index (χ4n) is 1.28. The van der Waals surface area contributed by atoms with E-state index in [1.807, 2.05) is 0 Å². The van der Waals surface area contributed by atoms with Crippen LogP contribution in [0.15, 0.2) is 0 Å². The standard InChI is InChI=1S/C12H24O2.H2O/c1-3-5-7-8-9-10-12(13)14-11-6-4-2;/h3-11H2,1-2H3;1H2. The third-order valence-electron chi connectivity index (χ3n) is 2.25. The molecule has 0 saturated heterocycles. The van der Waals surface area contributed by atoms with Crippen molar-refractivity contribution in [2.45, 2.75) is 65.2 Å². The van der Waals surface area contributed by atoms with Crippen molar-refractivity contribution in [3.8, 4) is 0 Å². The van der Waals surface area contributed by atoms with Gasteiger partial charge in [0, 0.05) is 6.42 Å². The van der Waals surface area contributed by atoms with E-state index in [2.05, 4.69) is 13.8 Å². The summed E-state index contributed by atoms with van der Waals surface area (Å²) in [6.07, 6.45) is 8.62. The molecule has 92 valence electrons. The number of ether oxygens (including phenoxy) is 1. The van der Waals surface area contributed by atoms with Gasteiger partial charge in [-0.3, -0.25) is 4.79 Å². The Morgan fingerprint density at radius 2 is 1.53 bits per heavy atom. The Labute approximate surface area is 93.5 Å². The fourth-order valence-corrected chi connectivity index (χ4v) is 1.28. The molecule has 0 bridgehead atoms. The van der Waals surface area contributed by atoms with Gasteiger partial charge in [-0.15, -0.1) is 0 Å². The van der Waals surface area contributed by atoms with Crippen LogP contribution in [-0.2, 0) is 9.53 Å². The lowest BCUT2D eigenvalue weighted by Crippen LogP contribution is -2.05. The van der Waals surface area contributed by atoms with Gasteiger partial charge < -0.3 is 10.2 Å². The number of carbonyl (C=O) groups is 1. The van der Waals surface area contributed by atoms with Gasteiger partial charge in [0.2, 0.25) is 0 Å². The zero-order valence-electron chi connectivity index (χ0n) is 10.2. The summed E-state index contributed by atoms with van der Waals surface area (Å²) in [7, 11) is 0. The van der Waals surface area contributed by atoms with Crippen molar-refractivity contribution in [1.82, 2.24) is 0 Å². The van der Waals surface area contributed by atoms with Gasteiger partial charge in [0.05, 0.1) is 6.61 Å². The van der Waals surface area contributed by atoms with Gasteiger partial charge in [-0.2, -0.15) is 0 Å². The van der Waals surface area contributed by atoms with Crippen LogP contribution in [0.25, 0.3) is 0 Å². The molecule has 15 heavy (non-hydrogen) atoms. The number of hydrogen-bond acceptors (Lipinski definition) is 2. The van der Waals surface area contributed by atoms with Crippen LogP contribution in [0.1, 0.15) is 65.2 Å². The van der Waals surface area contributed by atoms with Crippen molar-refractivity contribution in [2.24, 2.45) is 0 Å². The highest BCUT2D eigenvalue weighted by Crippen LogP contribution is 2.05. The largest absolute Gasteiger partial charge is 0.466 e. The molecule has 0 aromatic heterocycles. The van der Waals surface area contributed by atoms with Gasteiger partial charge in [0.15, 0.2) is 0 Å². The summed E-state index contributed by atoms with van der Waals surface area (Å²) < 4.78 is 5.05. The van der Waals surface area contributed by atoms with Crippen LogP contribution in [0, 0.1) is 0 Å². The second kappa shape index (κ2) is 13.4. The quantitative estimate of drug-likeness (QED) is 0.441. The van der Waals surface area contributed by atoms with Crippen molar-refractivity contribution in [3.63, 3.8) is 0 Å². The third-order valence-corrected chi connectivity index (χ3v) is 2.25. The summed E-state index contributed by atoms with van der Waals surface area (Å²) >= 11 is 0. The Morgan fingerprint density at radius 3 is 2.13 bits per heavy atom. The maximum Gasteiger partial charge on any atom is 0.305 e. The molecule has 0 aliphatic rings. The van der Waals surface area contributed by atoms with Crippen LogP contribution in [0.5, 0.6) is 0 Å². The SMILES string of the molecule is CCCCCCCC(=O)OCCCC.O. The average Bonchev–Trinajstić information content (AvgIpc) is 2.18. The van der Waals surface area contributed by atoms with Crippen LogP contribution < -0.4 is 0 Å². The molecule has 0 atom stereocenters. The Morgan fingerprint density at radius 1 is 0.933 bits per heavy atom. The van der Waals surface area contributed by atoms with Gasteiger partial charge in [0.25, 0.3) is 0 Å². The number of carbonyl (C=O) groups excluding carboxylic acids is 1. The second-order valence-electron chi connectivity index (χ2n) is 3.74. The van der Waals surface area contributed by atoms with Crippen LogP contribution >= 0.6 is 0 Å². The summed E-state index contributed by atoms with van der Waals surface area (Å²) in [5, 5.41) is 0. The van der Waals surface area contributed by atoms with Gasteiger partial charge >= 0.3 is 5.97 Å². The molecule has 0 saturated carbocycles. The first-order valence-corrected chi connectivity index (χ1v) is 5.96. The smallest absolute Gasteiger partial charge is 0.305 e. The summed E-state index contributed by atoms with van der Waals surface area (Å²) in [5.41, 5.74) is 0. The normalized spacial score (nSPS) is 9.47. The molecule has 0 fully saturated rings. The summed E-state index contributed by atoms with van der Waals surface area (Å²) in [4.78, 5) is 11.1. The Bertz CT molecular complexity index is 135. The van der Waals surface area contributed by atoms with E-state index in [0.29, 0.717) is 13.0 Å². The first-order chi connectivity index (χ1) is 6.81. The average molecular weight is 218 g/mol. The lowest BCUT2D eigenvalue weighted by Gasteiger charge is -2.03. The van der Waals surface area contributed by atoms with E-state index in [4.69, 9.17) is 4.74 Å².